The molecule has 2 aromatic heterocycles. The first kappa shape index (κ1) is 18.2. The number of hydrogen-bond acceptors (Lipinski definition) is 4. The van der Waals surface area contributed by atoms with Crippen LogP contribution in [0, 0.1) is 0 Å². The molecule has 4 rings (SSSR count). The first-order valence-corrected chi connectivity index (χ1v) is 9.71. The SMILES string of the molecule is CCOc1ccc(CC(=O)N2CCC[C@@H]2c2[nH]ncc2-c2ccncc2)cc1. The number of carbonyl (C=O) groups excluding carboxylic acids is 1. The minimum absolute atomic E-state index is 0.0286. The van der Waals surface area contributed by atoms with E-state index in [4.69, 9.17) is 4.74 Å². The Morgan fingerprint density at radius 1 is 1.21 bits per heavy atom. The summed E-state index contributed by atoms with van der Waals surface area (Å²) in [7, 11) is 0. The van der Waals surface area contributed by atoms with Crippen LogP contribution in [0.15, 0.2) is 55.0 Å². The molecule has 0 bridgehead atoms. The van der Waals surface area contributed by atoms with Gasteiger partial charge in [0.15, 0.2) is 0 Å². The molecule has 1 aliphatic rings. The van der Waals surface area contributed by atoms with Crippen LogP contribution in [-0.2, 0) is 11.2 Å². The molecule has 0 aliphatic carbocycles. The van der Waals surface area contributed by atoms with Gasteiger partial charge in [0, 0.05) is 24.5 Å². The Morgan fingerprint density at radius 2 is 2.00 bits per heavy atom. The number of benzene rings is 1. The molecule has 0 unspecified atom stereocenters. The van der Waals surface area contributed by atoms with Gasteiger partial charge in [-0.05, 0) is 55.2 Å². The van der Waals surface area contributed by atoms with Crippen molar-refractivity contribution in [3.8, 4) is 16.9 Å². The van der Waals surface area contributed by atoms with Crippen molar-refractivity contribution in [3.63, 3.8) is 0 Å². The van der Waals surface area contributed by atoms with Crippen LogP contribution < -0.4 is 4.74 Å². The van der Waals surface area contributed by atoms with Crippen LogP contribution >= 0.6 is 0 Å². The van der Waals surface area contributed by atoms with Crippen molar-refractivity contribution >= 4 is 5.91 Å². The van der Waals surface area contributed by atoms with E-state index in [1.165, 1.54) is 0 Å². The lowest BCUT2D eigenvalue weighted by atomic mass is 10.0. The highest BCUT2D eigenvalue weighted by molar-refractivity contribution is 5.80. The smallest absolute Gasteiger partial charge is 0.227 e. The molecule has 1 N–H and O–H groups in total. The van der Waals surface area contributed by atoms with E-state index in [0.29, 0.717) is 13.0 Å². The van der Waals surface area contributed by atoms with Gasteiger partial charge in [-0.15, -0.1) is 0 Å². The summed E-state index contributed by atoms with van der Waals surface area (Å²) in [6.07, 6.45) is 7.70. The summed E-state index contributed by atoms with van der Waals surface area (Å²) in [5.41, 5.74) is 4.10. The Bertz CT molecular complexity index is 921. The zero-order chi connectivity index (χ0) is 19.3. The summed E-state index contributed by atoms with van der Waals surface area (Å²) in [6.45, 7) is 3.37. The van der Waals surface area contributed by atoms with Crippen molar-refractivity contribution in [2.24, 2.45) is 0 Å². The van der Waals surface area contributed by atoms with E-state index in [2.05, 4.69) is 15.2 Å². The van der Waals surface area contributed by atoms with Crippen molar-refractivity contribution < 1.29 is 9.53 Å². The zero-order valence-corrected chi connectivity index (χ0v) is 16.0. The molecule has 6 nitrogen and oxygen atoms in total. The summed E-state index contributed by atoms with van der Waals surface area (Å²) >= 11 is 0. The molecule has 0 radical (unpaired) electrons. The number of aromatic amines is 1. The maximum Gasteiger partial charge on any atom is 0.227 e. The molecule has 0 spiro atoms. The monoisotopic (exact) mass is 376 g/mol. The minimum atomic E-state index is 0.0286. The number of hydrogen-bond donors (Lipinski definition) is 1. The van der Waals surface area contributed by atoms with E-state index >= 15 is 0 Å². The quantitative estimate of drug-likeness (QED) is 0.711. The molecule has 1 saturated heterocycles. The Labute approximate surface area is 164 Å². The molecule has 1 aromatic carbocycles. The molecule has 28 heavy (non-hydrogen) atoms. The second-order valence-corrected chi connectivity index (χ2v) is 6.93. The Kier molecular flexibility index (Phi) is 5.37. The summed E-state index contributed by atoms with van der Waals surface area (Å²) in [5.74, 6) is 0.971. The number of H-pyrrole nitrogens is 1. The number of pyridine rings is 1. The fourth-order valence-corrected chi connectivity index (χ4v) is 3.82. The lowest BCUT2D eigenvalue weighted by molar-refractivity contribution is -0.131. The molecule has 3 heterocycles. The molecular formula is C22H24N4O2. The predicted molar refractivity (Wildman–Crippen MR) is 107 cm³/mol. The minimum Gasteiger partial charge on any atom is -0.494 e. The molecular weight excluding hydrogens is 352 g/mol. The molecule has 1 atom stereocenters. The Morgan fingerprint density at radius 3 is 2.75 bits per heavy atom. The van der Waals surface area contributed by atoms with Crippen LogP contribution in [0.25, 0.3) is 11.1 Å². The van der Waals surface area contributed by atoms with Gasteiger partial charge in [0.2, 0.25) is 5.91 Å². The second kappa shape index (κ2) is 8.25. The van der Waals surface area contributed by atoms with E-state index in [9.17, 15) is 4.79 Å². The van der Waals surface area contributed by atoms with Gasteiger partial charge >= 0.3 is 0 Å². The molecule has 1 fully saturated rings. The highest BCUT2D eigenvalue weighted by Gasteiger charge is 2.32. The highest BCUT2D eigenvalue weighted by Crippen LogP contribution is 2.36. The van der Waals surface area contributed by atoms with E-state index in [1.54, 1.807) is 12.4 Å². The van der Waals surface area contributed by atoms with Gasteiger partial charge in [-0.2, -0.15) is 5.10 Å². The summed E-state index contributed by atoms with van der Waals surface area (Å²) < 4.78 is 5.48. The summed E-state index contributed by atoms with van der Waals surface area (Å²) in [6, 6.07) is 11.7. The van der Waals surface area contributed by atoms with Crippen LogP contribution in [0.3, 0.4) is 0 Å². The van der Waals surface area contributed by atoms with E-state index in [1.807, 2.05) is 54.4 Å². The Balaban J connectivity index is 1.51. The van der Waals surface area contributed by atoms with E-state index < -0.39 is 0 Å². The van der Waals surface area contributed by atoms with Crippen molar-refractivity contribution in [2.75, 3.05) is 13.2 Å². The van der Waals surface area contributed by atoms with Crippen molar-refractivity contribution in [3.05, 3.63) is 66.2 Å². The lowest BCUT2D eigenvalue weighted by Crippen LogP contribution is -2.32. The molecule has 3 aromatic rings. The van der Waals surface area contributed by atoms with Gasteiger partial charge in [0.25, 0.3) is 0 Å². The van der Waals surface area contributed by atoms with Crippen LogP contribution in [-0.4, -0.2) is 39.1 Å². The van der Waals surface area contributed by atoms with Gasteiger partial charge in [0.05, 0.1) is 31.0 Å². The first-order valence-electron chi connectivity index (χ1n) is 9.71. The van der Waals surface area contributed by atoms with Crippen molar-refractivity contribution in [1.29, 1.82) is 0 Å². The number of rotatable bonds is 6. The van der Waals surface area contributed by atoms with Crippen LogP contribution in [0.4, 0.5) is 0 Å². The molecule has 1 aliphatic heterocycles. The molecule has 1 amide bonds. The number of nitrogens with zero attached hydrogens (tertiary/aromatic N) is 3. The molecule has 0 saturated carbocycles. The average Bonchev–Trinajstić information content (AvgIpc) is 3.39. The number of aromatic nitrogens is 3. The van der Waals surface area contributed by atoms with Gasteiger partial charge in [-0.1, -0.05) is 12.1 Å². The van der Waals surface area contributed by atoms with Gasteiger partial charge in [0.1, 0.15) is 5.75 Å². The average molecular weight is 376 g/mol. The fraction of sp³-hybridized carbons (Fsp3) is 0.318. The number of amides is 1. The summed E-state index contributed by atoms with van der Waals surface area (Å²) in [4.78, 5) is 19.1. The van der Waals surface area contributed by atoms with E-state index in [-0.39, 0.29) is 11.9 Å². The number of nitrogens with one attached hydrogen (secondary N) is 1. The van der Waals surface area contributed by atoms with Gasteiger partial charge in [-0.3, -0.25) is 14.9 Å². The van der Waals surface area contributed by atoms with E-state index in [0.717, 1.165) is 47.5 Å². The topological polar surface area (TPSA) is 71.1 Å². The van der Waals surface area contributed by atoms with Gasteiger partial charge < -0.3 is 9.64 Å². The number of carbonyl (C=O) groups is 1. The third-order valence-corrected chi connectivity index (χ3v) is 5.16. The van der Waals surface area contributed by atoms with Crippen molar-refractivity contribution in [2.45, 2.75) is 32.2 Å². The first-order chi connectivity index (χ1) is 13.8. The van der Waals surface area contributed by atoms with Gasteiger partial charge in [-0.25, -0.2) is 0 Å². The number of ether oxygens (including phenoxy) is 1. The maximum atomic E-state index is 13.0. The maximum absolute atomic E-state index is 13.0. The summed E-state index contributed by atoms with van der Waals surface area (Å²) in [5, 5.41) is 7.39. The zero-order valence-electron chi connectivity index (χ0n) is 16.0. The number of likely N-dealkylation sites (tertiary alicyclic amines) is 1. The normalized spacial score (nSPS) is 16.3. The highest BCUT2D eigenvalue weighted by atomic mass is 16.5. The van der Waals surface area contributed by atoms with Crippen LogP contribution in [0.2, 0.25) is 0 Å². The lowest BCUT2D eigenvalue weighted by Gasteiger charge is -2.25. The molecule has 6 heteroatoms. The van der Waals surface area contributed by atoms with Crippen LogP contribution in [0.1, 0.15) is 37.1 Å². The van der Waals surface area contributed by atoms with Crippen molar-refractivity contribution in [1.82, 2.24) is 20.1 Å². The third-order valence-electron chi connectivity index (χ3n) is 5.16. The standard InChI is InChI=1S/C22H24N4O2/c1-2-28-18-7-5-16(6-8-18)14-21(27)26-13-3-4-20(26)22-19(15-24-25-22)17-9-11-23-12-10-17/h5-12,15,20H,2-4,13-14H2,1H3,(H,24,25)/t20-/m1/s1. The predicted octanol–water partition coefficient (Wildman–Crippen LogP) is 3.78. The Hall–Kier alpha value is -3.15. The second-order valence-electron chi connectivity index (χ2n) is 6.93. The largest absolute Gasteiger partial charge is 0.494 e. The van der Waals surface area contributed by atoms with Crippen LogP contribution in [0.5, 0.6) is 5.75 Å². The molecule has 144 valence electrons. The third kappa shape index (κ3) is 3.76. The fourth-order valence-electron chi connectivity index (χ4n) is 3.82.